The molecule has 3 N–H and O–H groups in total. The molecular formula is C21H20ClN7O7S. The molecule has 0 aliphatic carbocycles. The van der Waals surface area contributed by atoms with E-state index in [0.29, 0.717) is 5.56 Å². The number of ether oxygens (including phenoxy) is 1. The third-order valence-electron chi connectivity index (χ3n) is 5.50. The number of nitrogens with two attached hydrogens (primary N) is 1. The van der Waals surface area contributed by atoms with Crippen LogP contribution in [0.25, 0.3) is 0 Å². The number of hydrogen-bond acceptors (Lipinski definition) is 12. The van der Waals surface area contributed by atoms with Gasteiger partial charge in [-0.05, 0) is 23.8 Å². The van der Waals surface area contributed by atoms with E-state index in [-0.39, 0.29) is 41.9 Å². The number of halogens is 1. The molecule has 0 bridgehead atoms. The molecule has 4 rings (SSSR count). The molecule has 14 nitrogen and oxygen atoms in total. The fourth-order valence-electron chi connectivity index (χ4n) is 3.63. The Hall–Kier alpha value is -3.98. The van der Waals surface area contributed by atoms with Gasteiger partial charge in [0.05, 0.1) is 11.5 Å². The molecule has 1 aromatic carbocycles. The van der Waals surface area contributed by atoms with Gasteiger partial charge in [-0.1, -0.05) is 5.16 Å². The molecule has 194 valence electrons. The van der Waals surface area contributed by atoms with Crippen LogP contribution in [0.1, 0.15) is 11.4 Å². The Balaban J connectivity index is 1.35. The molecule has 0 saturated carbocycles. The van der Waals surface area contributed by atoms with E-state index in [0.717, 1.165) is 0 Å². The van der Waals surface area contributed by atoms with E-state index >= 15 is 0 Å². The van der Waals surface area contributed by atoms with Gasteiger partial charge in [-0.3, -0.25) is 24.5 Å². The minimum atomic E-state index is -1.50. The number of β-lactam (4-membered cyclic amide) rings is 1. The number of aromatic nitrogens is 2. The maximum Gasteiger partial charge on any atom is 0.330 e. The molecular weight excluding hydrogens is 530 g/mol. The molecule has 0 spiro atoms. The number of hydrogen-bond donors (Lipinski definition) is 2. The highest BCUT2D eigenvalue weighted by molar-refractivity contribution is 8.00. The number of alkyl halides is 1. The standard InChI is InChI=1S/C21H20ClN7O7S/c1-35-27-14(16-24-7-6-13(23)25-16)17(30)26-15-18(31)28-9-21(22,10-37-19(15)28)20(32)36-8-11-2-4-12(5-3-11)29(33)34/h2-7,15,19H,8-10H2,1H3,(H,26,30)(H2,23,24,25)/t15?,19-,21?/m1/s1. The minimum Gasteiger partial charge on any atom is -0.459 e. The molecule has 2 aliphatic heterocycles. The summed E-state index contributed by atoms with van der Waals surface area (Å²) < 4.78 is 5.31. The van der Waals surface area contributed by atoms with Gasteiger partial charge in [0.15, 0.2) is 10.7 Å². The first-order valence-electron chi connectivity index (χ1n) is 10.7. The van der Waals surface area contributed by atoms with Crippen molar-refractivity contribution in [2.75, 3.05) is 25.1 Å². The van der Waals surface area contributed by atoms with Crippen molar-refractivity contribution < 1.29 is 28.9 Å². The molecule has 2 amide bonds. The summed E-state index contributed by atoms with van der Waals surface area (Å²) in [4.78, 5) is 61.1. The number of nitrogens with one attached hydrogen (secondary N) is 1. The number of rotatable bonds is 8. The number of non-ortho nitro benzene ring substituents is 1. The summed E-state index contributed by atoms with van der Waals surface area (Å²) in [6, 6.07) is 6.09. The van der Waals surface area contributed by atoms with Crippen LogP contribution in [0.4, 0.5) is 11.5 Å². The van der Waals surface area contributed by atoms with Crippen molar-refractivity contribution in [1.82, 2.24) is 20.2 Å². The van der Waals surface area contributed by atoms with Crippen molar-refractivity contribution >= 4 is 58.4 Å². The lowest BCUT2D eigenvalue weighted by atomic mass is 10.0. The van der Waals surface area contributed by atoms with Crippen LogP contribution in [0.3, 0.4) is 0 Å². The van der Waals surface area contributed by atoms with Crippen molar-refractivity contribution in [3.63, 3.8) is 0 Å². The number of benzene rings is 1. The maximum atomic E-state index is 12.8. The molecule has 2 aliphatic rings. The fraction of sp³-hybridized carbons (Fsp3) is 0.333. The third-order valence-corrected chi connectivity index (χ3v) is 7.59. The van der Waals surface area contributed by atoms with E-state index in [1.165, 1.54) is 60.3 Å². The van der Waals surface area contributed by atoms with E-state index in [1.54, 1.807) is 0 Å². The number of carbonyl (C=O) groups excluding carboxylic acids is 3. The van der Waals surface area contributed by atoms with Crippen LogP contribution in [0, 0.1) is 10.1 Å². The molecule has 2 fully saturated rings. The number of nitro groups is 1. The predicted octanol–water partition coefficient (Wildman–Crippen LogP) is 0.438. The second-order valence-electron chi connectivity index (χ2n) is 8.01. The average Bonchev–Trinajstić information content (AvgIpc) is 2.89. The molecule has 1 aromatic heterocycles. The van der Waals surface area contributed by atoms with Crippen LogP contribution in [-0.2, 0) is 30.6 Å². The van der Waals surface area contributed by atoms with Crippen molar-refractivity contribution in [1.29, 1.82) is 0 Å². The second kappa shape index (κ2) is 10.6. The van der Waals surface area contributed by atoms with E-state index in [1.807, 2.05) is 0 Å². The van der Waals surface area contributed by atoms with Gasteiger partial charge < -0.3 is 25.5 Å². The normalized spacial score (nSPS) is 22.9. The average molecular weight is 550 g/mol. The molecule has 37 heavy (non-hydrogen) atoms. The molecule has 3 atom stereocenters. The third kappa shape index (κ3) is 5.41. The van der Waals surface area contributed by atoms with Crippen LogP contribution in [0.15, 0.2) is 41.7 Å². The number of esters is 1. The summed E-state index contributed by atoms with van der Waals surface area (Å²) in [5, 5.41) is 16.6. The number of nitrogen functional groups attached to an aromatic ring is 1. The van der Waals surface area contributed by atoms with Gasteiger partial charge in [-0.25, -0.2) is 9.97 Å². The highest BCUT2D eigenvalue weighted by Crippen LogP contribution is 2.41. The van der Waals surface area contributed by atoms with E-state index < -0.39 is 39.0 Å². The molecule has 16 heteroatoms. The lowest BCUT2D eigenvalue weighted by molar-refractivity contribution is -0.384. The summed E-state index contributed by atoms with van der Waals surface area (Å²) in [6.45, 7) is -0.256. The van der Waals surface area contributed by atoms with Gasteiger partial charge in [0.2, 0.25) is 11.6 Å². The van der Waals surface area contributed by atoms with E-state index in [2.05, 4.69) is 20.4 Å². The Morgan fingerprint density at radius 3 is 2.76 bits per heavy atom. The zero-order valence-corrected chi connectivity index (χ0v) is 20.8. The lowest BCUT2D eigenvalue weighted by Gasteiger charge is -2.52. The lowest BCUT2D eigenvalue weighted by Crippen LogP contribution is -2.74. The summed E-state index contributed by atoms with van der Waals surface area (Å²) in [5.74, 6) is -1.75. The van der Waals surface area contributed by atoms with Crippen LogP contribution in [0.2, 0.25) is 0 Å². The monoisotopic (exact) mass is 549 g/mol. The van der Waals surface area contributed by atoms with Crippen molar-refractivity contribution in [2.45, 2.75) is 22.9 Å². The smallest absolute Gasteiger partial charge is 0.330 e. The second-order valence-corrected chi connectivity index (χ2v) is 9.84. The van der Waals surface area contributed by atoms with Gasteiger partial charge in [-0.15, -0.1) is 23.4 Å². The fourth-order valence-corrected chi connectivity index (χ4v) is 5.38. The number of nitrogens with zero attached hydrogens (tertiary/aromatic N) is 5. The first-order valence-corrected chi connectivity index (χ1v) is 12.1. The number of carbonyl (C=O) groups is 3. The van der Waals surface area contributed by atoms with Crippen molar-refractivity contribution in [2.24, 2.45) is 5.16 Å². The quantitative estimate of drug-likeness (QED) is 0.116. The summed E-state index contributed by atoms with van der Waals surface area (Å²) in [7, 11) is 1.24. The Morgan fingerprint density at radius 2 is 2.11 bits per heavy atom. The Bertz CT molecular complexity index is 1280. The molecule has 2 aromatic rings. The molecule has 3 heterocycles. The number of fused-ring (bicyclic) bond motifs is 1. The van der Waals surface area contributed by atoms with Gasteiger partial charge in [0, 0.05) is 24.1 Å². The van der Waals surface area contributed by atoms with Crippen LogP contribution < -0.4 is 11.1 Å². The van der Waals surface area contributed by atoms with Gasteiger partial charge in [0.25, 0.3) is 11.6 Å². The maximum absolute atomic E-state index is 12.8. The predicted molar refractivity (Wildman–Crippen MR) is 131 cm³/mol. The summed E-state index contributed by atoms with van der Waals surface area (Å²) in [5.41, 5.74) is 5.84. The number of anilines is 1. The highest BCUT2D eigenvalue weighted by Gasteiger charge is 2.57. The van der Waals surface area contributed by atoms with E-state index in [4.69, 9.17) is 26.9 Å². The molecule has 2 saturated heterocycles. The van der Waals surface area contributed by atoms with Crippen LogP contribution in [-0.4, -0.2) is 79.0 Å². The SMILES string of the molecule is CON=C(C(=O)NC1C(=O)N2CC(Cl)(C(=O)OCc3ccc([N+](=O)[O-])cc3)CS[C@H]12)c1nccc(N)n1. The zero-order chi connectivity index (χ0) is 26.7. The van der Waals surface area contributed by atoms with Crippen LogP contribution in [0.5, 0.6) is 0 Å². The Kier molecular flexibility index (Phi) is 7.45. The Labute approximate surface area is 218 Å². The number of nitro benzene ring substituents is 1. The number of thioether (sulfide) groups is 1. The first-order chi connectivity index (χ1) is 17.6. The number of oxime groups is 1. The molecule has 2 unspecified atom stereocenters. The molecule has 0 radical (unpaired) electrons. The topological polar surface area (TPSA) is 192 Å². The Morgan fingerprint density at radius 1 is 1.38 bits per heavy atom. The summed E-state index contributed by atoms with van der Waals surface area (Å²) in [6.07, 6.45) is 1.35. The highest BCUT2D eigenvalue weighted by atomic mass is 35.5. The number of amides is 2. The van der Waals surface area contributed by atoms with Gasteiger partial charge >= 0.3 is 5.97 Å². The minimum absolute atomic E-state index is 0.0742. The summed E-state index contributed by atoms with van der Waals surface area (Å²) >= 11 is 7.74. The van der Waals surface area contributed by atoms with Gasteiger partial charge in [-0.2, -0.15) is 0 Å². The van der Waals surface area contributed by atoms with E-state index in [9.17, 15) is 24.5 Å². The van der Waals surface area contributed by atoms with Gasteiger partial charge in [0.1, 0.15) is 31.0 Å². The first kappa shape index (κ1) is 26.1. The largest absolute Gasteiger partial charge is 0.459 e. The van der Waals surface area contributed by atoms with Crippen LogP contribution >= 0.6 is 23.4 Å². The zero-order valence-electron chi connectivity index (χ0n) is 19.2. The van der Waals surface area contributed by atoms with Crippen molar-refractivity contribution in [3.8, 4) is 0 Å². The van der Waals surface area contributed by atoms with Crippen molar-refractivity contribution in [3.05, 3.63) is 58.0 Å².